The van der Waals surface area contributed by atoms with Gasteiger partial charge in [0.25, 0.3) is 0 Å². The van der Waals surface area contributed by atoms with Crippen LogP contribution in [0.15, 0.2) is 24.3 Å². The maximum Gasteiger partial charge on any atom is 0.312 e. The topological polar surface area (TPSA) is 65.5 Å². The quantitative estimate of drug-likeness (QED) is 0.908. The highest BCUT2D eigenvalue weighted by atomic mass is 32.1. The van der Waals surface area contributed by atoms with Gasteiger partial charge in [0.05, 0.1) is 5.69 Å². The number of thiazole rings is 1. The van der Waals surface area contributed by atoms with E-state index >= 15 is 0 Å². The highest BCUT2D eigenvalue weighted by molar-refractivity contribution is 7.15. The summed E-state index contributed by atoms with van der Waals surface area (Å²) in [4.78, 5) is 18.8. The molecule has 0 aliphatic heterocycles. The molecule has 110 valence electrons. The van der Waals surface area contributed by atoms with E-state index in [4.69, 9.17) is 0 Å². The van der Waals surface area contributed by atoms with Crippen molar-refractivity contribution in [1.82, 2.24) is 4.98 Å². The molecule has 5 nitrogen and oxygen atoms in total. The molecule has 1 aliphatic carbocycles. The fourth-order valence-corrected chi connectivity index (χ4v) is 3.55. The molecule has 0 saturated carbocycles. The van der Waals surface area contributed by atoms with Gasteiger partial charge in [-0.2, -0.15) is 0 Å². The van der Waals surface area contributed by atoms with Gasteiger partial charge in [-0.05, 0) is 37.1 Å². The summed E-state index contributed by atoms with van der Waals surface area (Å²) in [6, 6.07) is 8.06. The highest BCUT2D eigenvalue weighted by Gasteiger charge is 2.32. The van der Waals surface area contributed by atoms with Gasteiger partial charge < -0.3 is 15.3 Å². The molecular weight excluding hydrogens is 286 g/mol. The van der Waals surface area contributed by atoms with Crippen molar-refractivity contribution in [3.63, 3.8) is 0 Å². The summed E-state index contributed by atoms with van der Waals surface area (Å²) in [6.07, 6.45) is 1.48. The van der Waals surface area contributed by atoms with E-state index in [-0.39, 0.29) is 0 Å². The van der Waals surface area contributed by atoms with E-state index in [0.717, 1.165) is 33.5 Å². The molecule has 2 aromatic rings. The molecule has 1 heterocycles. The first kappa shape index (κ1) is 13.9. The Morgan fingerprint density at radius 1 is 1.38 bits per heavy atom. The summed E-state index contributed by atoms with van der Waals surface area (Å²) in [7, 11) is 4.00. The van der Waals surface area contributed by atoms with Crippen molar-refractivity contribution in [2.45, 2.75) is 18.8 Å². The van der Waals surface area contributed by atoms with Gasteiger partial charge in [-0.3, -0.25) is 4.79 Å². The fourth-order valence-electron chi connectivity index (χ4n) is 2.49. The van der Waals surface area contributed by atoms with E-state index in [0.29, 0.717) is 6.42 Å². The van der Waals surface area contributed by atoms with Crippen molar-refractivity contribution in [1.29, 1.82) is 0 Å². The van der Waals surface area contributed by atoms with Gasteiger partial charge in [-0.25, -0.2) is 4.98 Å². The van der Waals surface area contributed by atoms with E-state index in [1.807, 2.05) is 43.3 Å². The number of carbonyl (C=O) groups is 1. The van der Waals surface area contributed by atoms with Crippen molar-refractivity contribution in [3.05, 3.63) is 34.8 Å². The van der Waals surface area contributed by atoms with Gasteiger partial charge in [-0.15, -0.1) is 11.3 Å². The zero-order valence-corrected chi connectivity index (χ0v) is 12.8. The smallest absolute Gasteiger partial charge is 0.312 e. The Kier molecular flexibility index (Phi) is 3.55. The lowest BCUT2D eigenvalue weighted by molar-refractivity contribution is -0.138. The molecule has 2 N–H and O–H groups in total. The first-order valence-electron chi connectivity index (χ1n) is 6.81. The van der Waals surface area contributed by atoms with Crippen molar-refractivity contribution in [2.75, 3.05) is 24.3 Å². The Bertz CT molecular complexity index is 664. The van der Waals surface area contributed by atoms with Crippen molar-refractivity contribution in [2.24, 2.45) is 0 Å². The minimum Gasteiger partial charge on any atom is -0.481 e. The van der Waals surface area contributed by atoms with Crippen LogP contribution < -0.4 is 10.2 Å². The Balaban J connectivity index is 1.77. The largest absolute Gasteiger partial charge is 0.481 e. The van der Waals surface area contributed by atoms with E-state index in [1.165, 1.54) is 0 Å². The summed E-state index contributed by atoms with van der Waals surface area (Å²) >= 11 is 1.55. The van der Waals surface area contributed by atoms with Crippen LogP contribution in [0.3, 0.4) is 0 Å². The number of fused-ring (bicyclic) bond motifs is 1. The monoisotopic (exact) mass is 303 g/mol. The zero-order valence-electron chi connectivity index (χ0n) is 12.0. The molecule has 6 heteroatoms. The van der Waals surface area contributed by atoms with Gasteiger partial charge in [0.15, 0.2) is 5.13 Å². The number of hydrogen-bond acceptors (Lipinski definition) is 5. The number of carboxylic acid groups (broad SMARTS) is 1. The number of anilines is 3. The third-order valence-corrected chi connectivity index (χ3v) is 4.70. The average Bonchev–Trinajstić information content (AvgIpc) is 2.98. The van der Waals surface area contributed by atoms with Gasteiger partial charge in [0.1, 0.15) is 5.92 Å². The number of aromatic nitrogens is 1. The molecule has 0 fully saturated rings. The number of nitrogens with one attached hydrogen (secondary N) is 1. The lowest BCUT2D eigenvalue weighted by Gasteiger charge is -2.12. The fraction of sp³-hybridized carbons (Fsp3) is 0.333. The standard InChI is InChI=1S/C15H17N3O2S/c1-18(2)10-5-3-9(4-6-10)16-15-17-13-11(14(19)20)7-8-12(13)21-15/h3-6,11H,7-8H2,1-2H3,(H,16,17)(H,19,20). The Morgan fingerprint density at radius 3 is 2.71 bits per heavy atom. The maximum atomic E-state index is 11.2. The van der Waals surface area contributed by atoms with Gasteiger partial charge in [-0.1, -0.05) is 0 Å². The highest BCUT2D eigenvalue weighted by Crippen LogP contribution is 2.39. The molecule has 0 bridgehead atoms. The van der Waals surface area contributed by atoms with Crippen LogP contribution in [0.1, 0.15) is 22.9 Å². The molecular formula is C15H17N3O2S. The van der Waals surface area contributed by atoms with Gasteiger partial charge in [0, 0.05) is 30.3 Å². The molecule has 1 atom stereocenters. The van der Waals surface area contributed by atoms with Crippen LogP contribution >= 0.6 is 11.3 Å². The lowest BCUT2D eigenvalue weighted by atomic mass is 10.1. The molecule has 3 rings (SSSR count). The molecule has 0 spiro atoms. The number of carboxylic acids is 1. The average molecular weight is 303 g/mol. The number of rotatable bonds is 4. The number of aliphatic carboxylic acids is 1. The molecule has 1 unspecified atom stereocenters. The van der Waals surface area contributed by atoms with E-state index < -0.39 is 11.9 Å². The van der Waals surface area contributed by atoms with Crippen LogP contribution in [0.5, 0.6) is 0 Å². The summed E-state index contributed by atoms with van der Waals surface area (Å²) in [5.74, 6) is -1.22. The van der Waals surface area contributed by atoms with Gasteiger partial charge in [0.2, 0.25) is 0 Å². The molecule has 21 heavy (non-hydrogen) atoms. The summed E-state index contributed by atoms with van der Waals surface area (Å²) in [5.41, 5.74) is 2.83. The predicted octanol–water partition coefficient (Wildman–Crippen LogP) is 3.07. The zero-order chi connectivity index (χ0) is 15.0. The van der Waals surface area contributed by atoms with E-state index in [2.05, 4.69) is 10.3 Å². The van der Waals surface area contributed by atoms with Gasteiger partial charge >= 0.3 is 5.97 Å². The number of hydrogen-bond donors (Lipinski definition) is 2. The maximum absolute atomic E-state index is 11.2. The second kappa shape index (κ2) is 5.37. The van der Waals surface area contributed by atoms with Crippen LogP contribution in [0, 0.1) is 0 Å². The molecule has 0 saturated heterocycles. The van der Waals surface area contributed by atoms with Crippen LogP contribution in [0.25, 0.3) is 0 Å². The lowest BCUT2D eigenvalue weighted by Crippen LogP contribution is -2.09. The van der Waals surface area contributed by atoms with Crippen LogP contribution in [-0.2, 0) is 11.2 Å². The third kappa shape index (κ3) is 2.71. The third-order valence-electron chi connectivity index (χ3n) is 3.65. The summed E-state index contributed by atoms with van der Waals surface area (Å²) < 4.78 is 0. The Hall–Kier alpha value is -2.08. The Labute approximate surface area is 127 Å². The number of benzene rings is 1. The van der Waals surface area contributed by atoms with Crippen molar-refractivity contribution in [3.8, 4) is 0 Å². The number of nitrogens with zero attached hydrogens (tertiary/aromatic N) is 2. The van der Waals surface area contributed by atoms with Crippen LogP contribution in [-0.4, -0.2) is 30.2 Å². The summed E-state index contributed by atoms with van der Waals surface area (Å²) in [6.45, 7) is 0. The molecule has 1 aliphatic rings. The molecule has 1 aromatic heterocycles. The first-order valence-corrected chi connectivity index (χ1v) is 7.63. The minimum atomic E-state index is -0.777. The van der Waals surface area contributed by atoms with E-state index in [1.54, 1.807) is 11.3 Å². The predicted molar refractivity (Wildman–Crippen MR) is 84.9 cm³/mol. The van der Waals surface area contributed by atoms with Crippen LogP contribution in [0.2, 0.25) is 0 Å². The number of aryl methyl sites for hydroxylation is 1. The van der Waals surface area contributed by atoms with Crippen molar-refractivity contribution < 1.29 is 9.90 Å². The SMILES string of the molecule is CN(C)c1ccc(Nc2nc3c(s2)CCC3C(=O)O)cc1. The Morgan fingerprint density at radius 2 is 2.10 bits per heavy atom. The summed E-state index contributed by atoms with van der Waals surface area (Å²) in [5, 5.41) is 13.2. The van der Waals surface area contributed by atoms with E-state index in [9.17, 15) is 9.90 Å². The molecule has 0 radical (unpaired) electrons. The second-order valence-corrected chi connectivity index (χ2v) is 6.41. The first-order chi connectivity index (χ1) is 10.0. The second-order valence-electron chi connectivity index (χ2n) is 5.32. The minimum absolute atomic E-state index is 0.442. The van der Waals surface area contributed by atoms with Crippen LogP contribution in [0.4, 0.5) is 16.5 Å². The molecule has 1 aromatic carbocycles. The molecule has 0 amide bonds. The normalized spacial score (nSPS) is 16.6. The van der Waals surface area contributed by atoms with Crippen molar-refractivity contribution >= 4 is 33.8 Å².